The van der Waals surface area contributed by atoms with Gasteiger partial charge in [0.15, 0.2) is 23.2 Å². The van der Waals surface area contributed by atoms with Gasteiger partial charge in [0.05, 0.1) is 14.4 Å². The van der Waals surface area contributed by atoms with Crippen molar-refractivity contribution in [2.45, 2.75) is 24.5 Å². The Labute approximate surface area is 290 Å². The van der Waals surface area contributed by atoms with Crippen LogP contribution >= 0.6 is 23.5 Å². The first-order valence-electron chi connectivity index (χ1n) is 8.07. The van der Waals surface area contributed by atoms with E-state index in [1.54, 1.807) is 0 Å². The molecule has 0 spiro atoms. The Morgan fingerprint density at radius 1 is 0.972 bits per heavy atom. The molecule has 19 nitrogen and oxygen atoms in total. The van der Waals surface area contributed by atoms with Crippen LogP contribution in [0.5, 0.6) is 0 Å². The van der Waals surface area contributed by atoms with Crippen molar-refractivity contribution in [3.8, 4) is 0 Å². The van der Waals surface area contributed by atoms with Crippen molar-refractivity contribution >= 4 is 46.4 Å². The van der Waals surface area contributed by atoms with Crippen LogP contribution in [0.15, 0.2) is 6.33 Å². The number of anilines is 2. The summed E-state index contributed by atoms with van der Waals surface area (Å²) in [6.45, 7) is -1.12. The van der Waals surface area contributed by atoms with Crippen LogP contribution in [0.25, 0.3) is 11.2 Å². The molecule has 1 saturated heterocycles. The van der Waals surface area contributed by atoms with Gasteiger partial charge in [-0.15, -0.1) is 0 Å². The Balaban J connectivity index is 0. The fourth-order valence-electron chi connectivity index (χ4n) is 2.72. The Kier molecular flexibility index (Phi) is 17.6. The number of hydrogen-bond donors (Lipinski definition) is 4. The van der Waals surface area contributed by atoms with Crippen molar-refractivity contribution in [1.29, 1.82) is 0 Å². The molecule has 180 valence electrons. The third kappa shape index (κ3) is 10.4. The average molecular weight is 610 g/mol. The molecule has 2 aromatic rings. The first kappa shape index (κ1) is 40.6. The monoisotopic (exact) mass is 610 g/mol. The normalized spacial score (nSPS) is 24.8. The quantitative estimate of drug-likeness (QED) is 0.159. The summed E-state index contributed by atoms with van der Waals surface area (Å²) in [5, 5.41) is 20.4. The van der Waals surface area contributed by atoms with Gasteiger partial charge in [-0.2, -0.15) is 0 Å². The molecule has 6 N–H and O–H groups in total. The summed E-state index contributed by atoms with van der Waals surface area (Å²) in [7, 11) is -18.1. The number of nitrogens with zero attached hydrogens (tertiary/aromatic N) is 4. The van der Waals surface area contributed by atoms with Gasteiger partial charge in [0.2, 0.25) is 5.95 Å². The smallest absolute Gasteiger partial charge is 0.790 e. The van der Waals surface area contributed by atoms with Crippen molar-refractivity contribution < 1.29 is 180 Å². The molecular weight excluding hydrogens is 597 g/mol. The Bertz CT molecular complexity index is 1170. The van der Waals surface area contributed by atoms with E-state index in [1.807, 2.05) is 0 Å². The molecule has 2 aromatic heterocycles. The van der Waals surface area contributed by atoms with Crippen LogP contribution in [0.3, 0.4) is 0 Å². The van der Waals surface area contributed by atoms with Crippen LogP contribution in [0.1, 0.15) is 6.23 Å². The van der Waals surface area contributed by atoms with Crippen LogP contribution in [0, 0.1) is 0 Å². The van der Waals surface area contributed by atoms with Gasteiger partial charge in [-0.3, -0.25) is 18.0 Å². The van der Waals surface area contributed by atoms with E-state index in [0.717, 1.165) is 10.9 Å². The van der Waals surface area contributed by atoms with E-state index >= 15 is 0 Å². The second-order valence-electron chi connectivity index (χ2n) is 6.12. The fourth-order valence-corrected chi connectivity index (χ4v) is 5.59. The molecule has 0 radical (unpaired) electrons. The molecule has 3 rings (SSSR count). The first-order chi connectivity index (χ1) is 14.6. The molecule has 0 saturated carbocycles. The van der Waals surface area contributed by atoms with Gasteiger partial charge >= 0.3 is 118 Å². The van der Waals surface area contributed by atoms with Crippen molar-refractivity contribution in [2.75, 3.05) is 18.1 Å². The molecule has 1 aliphatic heterocycles. The zero-order valence-electron chi connectivity index (χ0n) is 19.3. The van der Waals surface area contributed by atoms with Crippen molar-refractivity contribution in [1.82, 2.24) is 19.5 Å². The molecule has 0 aliphatic carbocycles. The third-order valence-electron chi connectivity index (χ3n) is 3.92. The number of phosphoric acid groups is 3. The minimum absolute atomic E-state index is 0. The standard InChI is InChI=1S/C10H17N6O13P3.4Na/c11-7-4-8(14-2-13-7)16(10(12)15-4)9-6(18)5(17)3(27-9)1-26-31(22,23)29-32(24,25)28-30(19,20)21;;;;/h2-3,5-6,9,17-18H,1H2,(H2,12,15)(H,22,23)(H,24,25)(H2,11,13,14)(H2,19,20,21);;;;/q;4*+1/p-4. The summed E-state index contributed by atoms with van der Waals surface area (Å²) in [5.74, 6) is -0.310. The molecule has 0 amide bonds. The van der Waals surface area contributed by atoms with Gasteiger partial charge in [-0.05, 0) is 0 Å². The van der Waals surface area contributed by atoms with E-state index in [4.69, 9.17) is 16.2 Å². The summed E-state index contributed by atoms with van der Waals surface area (Å²) in [6.07, 6.45) is -5.54. The third-order valence-corrected chi connectivity index (χ3v) is 7.59. The van der Waals surface area contributed by atoms with Crippen molar-refractivity contribution in [3.05, 3.63) is 6.33 Å². The molecule has 36 heavy (non-hydrogen) atoms. The predicted molar refractivity (Wildman–Crippen MR) is 91.0 cm³/mol. The van der Waals surface area contributed by atoms with Gasteiger partial charge in [-0.1, -0.05) is 0 Å². The largest absolute Gasteiger partial charge is 1.00 e. The maximum atomic E-state index is 11.6. The van der Waals surface area contributed by atoms with Gasteiger partial charge in [0, 0.05) is 0 Å². The number of ether oxygens (including phenoxy) is 1. The Morgan fingerprint density at radius 2 is 1.56 bits per heavy atom. The molecule has 6 unspecified atom stereocenters. The number of nitrogens with two attached hydrogens (primary N) is 2. The predicted octanol–water partition coefficient (Wildman–Crippen LogP) is -16.6. The van der Waals surface area contributed by atoms with Gasteiger partial charge in [-0.25, -0.2) is 19.3 Å². The second kappa shape index (κ2) is 15.6. The van der Waals surface area contributed by atoms with E-state index in [2.05, 4.69) is 28.1 Å². The number of aliphatic hydroxyl groups excluding tert-OH is 2. The summed E-state index contributed by atoms with van der Waals surface area (Å²) < 4.78 is 50.1. The summed E-state index contributed by atoms with van der Waals surface area (Å²) in [4.78, 5) is 55.0. The number of aliphatic hydroxyl groups is 2. The minimum Gasteiger partial charge on any atom is -0.790 e. The molecule has 3 heterocycles. The second-order valence-corrected chi connectivity index (χ2v) is 10.4. The van der Waals surface area contributed by atoms with Gasteiger partial charge in [0.1, 0.15) is 24.6 Å². The molecule has 0 aromatic carbocycles. The van der Waals surface area contributed by atoms with Crippen LogP contribution in [-0.4, -0.2) is 54.7 Å². The maximum absolute atomic E-state index is 11.6. The number of rotatable bonds is 8. The number of nitrogen functional groups attached to an aromatic ring is 2. The molecule has 1 aliphatic rings. The molecule has 0 bridgehead atoms. The Hall–Kier alpha value is 2.44. The van der Waals surface area contributed by atoms with E-state index in [-0.39, 0.29) is 141 Å². The number of aromatic nitrogens is 4. The molecule has 1 fully saturated rings. The number of fused-ring (bicyclic) bond motifs is 1. The van der Waals surface area contributed by atoms with Crippen molar-refractivity contribution in [3.63, 3.8) is 0 Å². The average Bonchev–Trinajstić information content (AvgIpc) is 3.08. The zero-order valence-corrected chi connectivity index (χ0v) is 29.9. The summed E-state index contributed by atoms with van der Waals surface area (Å²) in [5.41, 5.74) is 11.5. The van der Waals surface area contributed by atoms with Gasteiger partial charge in [0.25, 0.3) is 15.6 Å². The van der Waals surface area contributed by atoms with Crippen LogP contribution in [0.2, 0.25) is 0 Å². The SMILES string of the molecule is Nc1ncnc2c1nc(N)n2C1OC(COP(=O)([O-])OP(=O)([O-])OP(=O)([O-])[O-])C(O)C1O.[Na+].[Na+].[Na+].[Na+]. The van der Waals surface area contributed by atoms with Crippen LogP contribution < -0.4 is 149 Å². The summed E-state index contributed by atoms with van der Waals surface area (Å²) >= 11 is 0. The fraction of sp³-hybridized carbons (Fsp3) is 0.500. The Morgan fingerprint density at radius 3 is 2.11 bits per heavy atom. The van der Waals surface area contributed by atoms with Crippen LogP contribution in [0.4, 0.5) is 11.8 Å². The van der Waals surface area contributed by atoms with Crippen molar-refractivity contribution in [2.24, 2.45) is 0 Å². The van der Waals surface area contributed by atoms with E-state index < -0.39 is 54.6 Å². The number of imidazole rings is 1. The van der Waals surface area contributed by atoms with E-state index in [9.17, 15) is 43.5 Å². The van der Waals surface area contributed by atoms with Gasteiger partial charge < -0.3 is 55.1 Å². The minimum atomic E-state index is -6.16. The topological polar surface area (TPSA) is 316 Å². The van der Waals surface area contributed by atoms with E-state index in [1.165, 1.54) is 0 Å². The number of phosphoric ester groups is 1. The molecular formula is C10H13N6Na4O13P3. The maximum Gasteiger partial charge on any atom is 1.00 e. The first-order valence-corrected chi connectivity index (χ1v) is 12.5. The summed E-state index contributed by atoms with van der Waals surface area (Å²) in [6, 6.07) is 0. The van der Waals surface area contributed by atoms with Crippen LogP contribution in [-0.2, 0) is 31.6 Å². The zero-order chi connectivity index (χ0) is 24.1. The molecule has 6 atom stereocenters. The molecule has 26 heteroatoms. The number of hydrogen-bond acceptors (Lipinski definition) is 18. The van der Waals surface area contributed by atoms with E-state index in [0.29, 0.717) is 0 Å².